The van der Waals surface area contributed by atoms with E-state index in [2.05, 4.69) is 0 Å². The summed E-state index contributed by atoms with van der Waals surface area (Å²) in [5.41, 5.74) is 3.11. The third kappa shape index (κ3) is 4.04. The van der Waals surface area contributed by atoms with E-state index in [9.17, 15) is 13.2 Å². The maximum atomic E-state index is 13.2. The number of sulfonamides is 1. The van der Waals surface area contributed by atoms with E-state index in [4.69, 9.17) is 14.3 Å². The van der Waals surface area contributed by atoms with Gasteiger partial charge in [0.1, 0.15) is 28.1 Å². The number of aryl methyl sites for hydroxylation is 1. The fourth-order valence-electron chi connectivity index (χ4n) is 3.77. The number of fused-ring (bicyclic) bond motifs is 1. The molecular formula is C25H23NO5S. The fraction of sp³-hybridized carbons (Fsp3) is 0.160. The highest BCUT2D eigenvalue weighted by Gasteiger charge is 2.22. The third-order valence-electron chi connectivity index (χ3n) is 5.33. The van der Waals surface area contributed by atoms with E-state index in [1.54, 1.807) is 38.1 Å². The Kier molecular flexibility index (Phi) is 5.62. The van der Waals surface area contributed by atoms with Crippen molar-refractivity contribution in [2.75, 3.05) is 0 Å². The molecule has 1 aromatic heterocycles. The zero-order valence-corrected chi connectivity index (χ0v) is 18.8. The molecule has 32 heavy (non-hydrogen) atoms. The molecule has 0 aliphatic heterocycles. The van der Waals surface area contributed by atoms with Gasteiger partial charge in [0, 0.05) is 16.7 Å². The molecular weight excluding hydrogens is 426 g/mol. The van der Waals surface area contributed by atoms with Gasteiger partial charge in [-0.3, -0.25) is 4.79 Å². The van der Waals surface area contributed by atoms with E-state index in [1.807, 2.05) is 43.3 Å². The van der Waals surface area contributed by atoms with Gasteiger partial charge < -0.3 is 9.15 Å². The van der Waals surface area contributed by atoms with Crippen LogP contribution in [-0.2, 0) is 10.0 Å². The average molecular weight is 450 g/mol. The van der Waals surface area contributed by atoms with Gasteiger partial charge in [-0.1, -0.05) is 42.5 Å². The molecule has 6 nitrogen and oxygen atoms in total. The molecule has 0 saturated carbocycles. The molecule has 0 bridgehead atoms. The van der Waals surface area contributed by atoms with Gasteiger partial charge in [0.25, 0.3) is 0 Å². The molecule has 0 amide bonds. The summed E-state index contributed by atoms with van der Waals surface area (Å²) in [5, 5.41) is 5.79. The van der Waals surface area contributed by atoms with Crippen LogP contribution in [0.4, 0.5) is 0 Å². The molecule has 0 spiro atoms. The van der Waals surface area contributed by atoms with Crippen molar-refractivity contribution < 1.29 is 17.6 Å². The lowest BCUT2D eigenvalue weighted by atomic mass is 10.00. The Balaban J connectivity index is 1.90. The first-order valence-corrected chi connectivity index (χ1v) is 11.6. The first kappa shape index (κ1) is 21.8. The Morgan fingerprint density at radius 3 is 2.31 bits per heavy atom. The minimum Gasteiger partial charge on any atom is -0.484 e. The number of nitrogens with two attached hydrogens (primary N) is 1. The largest absolute Gasteiger partial charge is 0.484 e. The lowest BCUT2D eigenvalue weighted by Crippen LogP contribution is -2.15. The first-order chi connectivity index (χ1) is 15.2. The lowest BCUT2D eigenvalue weighted by molar-refractivity contribution is 0.220. The molecule has 164 valence electrons. The van der Waals surface area contributed by atoms with Crippen molar-refractivity contribution in [2.45, 2.75) is 31.8 Å². The quantitative estimate of drug-likeness (QED) is 0.469. The van der Waals surface area contributed by atoms with Crippen LogP contribution in [0.3, 0.4) is 0 Å². The van der Waals surface area contributed by atoms with E-state index in [0.717, 1.165) is 11.1 Å². The van der Waals surface area contributed by atoms with Crippen molar-refractivity contribution in [3.63, 3.8) is 0 Å². The van der Waals surface area contributed by atoms with Gasteiger partial charge >= 0.3 is 0 Å². The number of para-hydroxylation sites is 1. The molecule has 3 aromatic carbocycles. The summed E-state index contributed by atoms with van der Waals surface area (Å²) in [7, 11) is -3.97. The Morgan fingerprint density at radius 1 is 0.969 bits per heavy atom. The Hall–Kier alpha value is -3.42. The molecule has 4 aromatic rings. The molecule has 1 atom stereocenters. The summed E-state index contributed by atoms with van der Waals surface area (Å²) < 4.78 is 36.2. The average Bonchev–Trinajstić information content (AvgIpc) is 2.76. The van der Waals surface area contributed by atoms with Crippen LogP contribution < -0.4 is 15.3 Å². The van der Waals surface area contributed by atoms with Gasteiger partial charge in [-0.25, -0.2) is 13.6 Å². The van der Waals surface area contributed by atoms with Gasteiger partial charge in [0.05, 0.1) is 5.39 Å². The molecule has 0 aliphatic rings. The Labute approximate surface area is 186 Å². The van der Waals surface area contributed by atoms with Crippen LogP contribution in [0.25, 0.3) is 22.3 Å². The topological polar surface area (TPSA) is 99.6 Å². The lowest BCUT2D eigenvalue weighted by Gasteiger charge is -2.19. The third-order valence-corrected chi connectivity index (χ3v) is 6.28. The predicted octanol–water partition coefficient (Wildman–Crippen LogP) is 4.86. The van der Waals surface area contributed by atoms with Crippen LogP contribution in [0.1, 0.15) is 29.7 Å². The monoisotopic (exact) mass is 449 g/mol. The first-order valence-electron chi connectivity index (χ1n) is 10.1. The second-order valence-electron chi connectivity index (χ2n) is 7.73. The number of benzene rings is 3. The molecule has 4 rings (SSSR count). The van der Waals surface area contributed by atoms with Crippen molar-refractivity contribution >= 4 is 21.0 Å². The highest BCUT2D eigenvalue weighted by molar-refractivity contribution is 7.89. The van der Waals surface area contributed by atoms with E-state index < -0.39 is 16.1 Å². The minimum absolute atomic E-state index is 0.105. The Morgan fingerprint density at radius 2 is 1.62 bits per heavy atom. The normalized spacial score (nSPS) is 12.6. The standard InChI is InChI=1S/C25H23NO5S/c1-15-13-19(17(3)30-21-11-7-8-12-22(21)32(26,28)29)25-20(14-15)23(27)16(2)24(31-25)18-9-5-4-6-10-18/h4-14,17H,1-3H3,(H2,26,28,29)/t17-/m1/s1. The predicted molar refractivity (Wildman–Crippen MR) is 124 cm³/mol. The minimum atomic E-state index is -3.97. The van der Waals surface area contributed by atoms with Crippen LogP contribution in [0.15, 0.2) is 80.8 Å². The summed E-state index contributed by atoms with van der Waals surface area (Å²) in [6.07, 6.45) is -0.616. The van der Waals surface area contributed by atoms with Gasteiger partial charge in [0.15, 0.2) is 5.43 Å². The summed E-state index contributed by atoms with van der Waals surface area (Å²) in [6.45, 7) is 5.40. The zero-order chi connectivity index (χ0) is 23.0. The SMILES string of the molecule is Cc1cc([C@@H](C)Oc2ccccc2S(N)(=O)=O)c2oc(-c3ccccc3)c(C)c(=O)c2c1. The van der Waals surface area contributed by atoms with Crippen molar-refractivity contribution in [1.82, 2.24) is 0 Å². The van der Waals surface area contributed by atoms with Crippen LogP contribution in [0, 0.1) is 13.8 Å². The summed E-state index contributed by atoms with van der Waals surface area (Å²) in [4.78, 5) is 13.1. The van der Waals surface area contributed by atoms with Crippen molar-refractivity contribution in [2.24, 2.45) is 5.14 Å². The van der Waals surface area contributed by atoms with Gasteiger partial charge in [-0.2, -0.15) is 0 Å². The van der Waals surface area contributed by atoms with Crippen molar-refractivity contribution in [1.29, 1.82) is 0 Å². The number of rotatable bonds is 5. The van der Waals surface area contributed by atoms with Crippen molar-refractivity contribution in [3.8, 4) is 17.1 Å². The maximum Gasteiger partial charge on any atom is 0.241 e. The van der Waals surface area contributed by atoms with Crippen LogP contribution in [0.2, 0.25) is 0 Å². The number of hydrogen-bond donors (Lipinski definition) is 1. The van der Waals surface area contributed by atoms with E-state index >= 15 is 0 Å². The number of hydrogen-bond acceptors (Lipinski definition) is 5. The van der Waals surface area contributed by atoms with E-state index in [1.165, 1.54) is 6.07 Å². The molecule has 0 radical (unpaired) electrons. The van der Waals surface area contributed by atoms with E-state index in [0.29, 0.717) is 27.9 Å². The molecule has 2 N–H and O–H groups in total. The zero-order valence-electron chi connectivity index (χ0n) is 18.0. The molecule has 7 heteroatoms. The molecule has 0 saturated heterocycles. The molecule has 0 aliphatic carbocycles. The fourth-order valence-corrected chi connectivity index (χ4v) is 4.44. The summed E-state index contributed by atoms with van der Waals surface area (Å²) in [6, 6.07) is 19.3. The number of ether oxygens (including phenoxy) is 1. The summed E-state index contributed by atoms with van der Waals surface area (Å²) >= 11 is 0. The van der Waals surface area contributed by atoms with Crippen LogP contribution >= 0.6 is 0 Å². The maximum absolute atomic E-state index is 13.2. The van der Waals surface area contributed by atoms with Gasteiger partial charge in [-0.05, 0) is 50.6 Å². The highest BCUT2D eigenvalue weighted by Crippen LogP contribution is 2.34. The van der Waals surface area contributed by atoms with E-state index in [-0.39, 0.29) is 16.1 Å². The molecule has 0 fully saturated rings. The second kappa shape index (κ2) is 8.26. The van der Waals surface area contributed by atoms with Crippen molar-refractivity contribution in [3.05, 3.63) is 93.6 Å². The Bertz CT molecular complexity index is 1470. The van der Waals surface area contributed by atoms with Gasteiger partial charge in [-0.15, -0.1) is 0 Å². The van der Waals surface area contributed by atoms with Crippen LogP contribution in [0.5, 0.6) is 5.75 Å². The molecule has 0 unspecified atom stereocenters. The van der Waals surface area contributed by atoms with Gasteiger partial charge in [0.2, 0.25) is 10.0 Å². The van der Waals surface area contributed by atoms with Crippen LogP contribution in [-0.4, -0.2) is 8.42 Å². The smallest absolute Gasteiger partial charge is 0.241 e. The highest BCUT2D eigenvalue weighted by atomic mass is 32.2. The molecule has 1 heterocycles. The second-order valence-corrected chi connectivity index (χ2v) is 9.26. The number of primary sulfonamides is 1. The summed E-state index contributed by atoms with van der Waals surface area (Å²) in [5.74, 6) is 0.625.